The maximum atomic E-state index is 12.6. The fourth-order valence-electron chi connectivity index (χ4n) is 2.75. The number of hydrogen-bond donors (Lipinski definition) is 0. The minimum atomic E-state index is -0.421. The van der Waals surface area contributed by atoms with E-state index in [4.69, 9.17) is 0 Å². The van der Waals surface area contributed by atoms with Crippen molar-refractivity contribution in [2.24, 2.45) is 0 Å². The van der Waals surface area contributed by atoms with Gasteiger partial charge < -0.3 is 9.80 Å². The average molecular weight is 372 g/mol. The highest BCUT2D eigenvalue weighted by Gasteiger charge is 2.23. The fourth-order valence-corrected chi connectivity index (χ4v) is 3.71. The van der Waals surface area contributed by atoms with E-state index in [-0.39, 0.29) is 11.6 Å². The maximum Gasteiger partial charge on any atom is 0.283 e. The van der Waals surface area contributed by atoms with Gasteiger partial charge in [-0.15, -0.1) is 11.8 Å². The normalized spacial score (nSPS) is 15.0. The van der Waals surface area contributed by atoms with Gasteiger partial charge in [0.15, 0.2) is 0 Å². The quantitative estimate of drug-likeness (QED) is 0.456. The minimum absolute atomic E-state index is 0.0240. The number of nitrogens with zero attached hydrogens (tertiary/aromatic N) is 4. The number of nitro benzene ring substituents is 1. The Labute approximate surface area is 156 Å². The summed E-state index contributed by atoms with van der Waals surface area (Å²) in [6.45, 7) is 2.91. The van der Waals surface area contributed by atoms with Crippen LogP contribution in [-0.2, 0) is 5.75 Å². The van der Waals surface area contributed by atoms with Gasteiger partial charge in [0, 0.05) is 56.0 Å². The van der Waals surface area contributed by atoms with E-state index in [1.807, 2.05) is 19.2 Å². The Bertz CT molecular complexity index is 792. The van der Waals surface area contributed by atoms with Gasteiger partial charge in [-0.05, 0) is 36.9 Å². The van der Waals surface area contributed by atoms with Crippen molar-refractivity contribution >= 4 is 23.4 Å². The lowest BCUT2D eigenvalue weighted by molar-refractivity contribution is -0.387. The second-order valence-electron chi connectivity index (χ2n) is 6.18. The lowest BCUT2D eigenvalue weighted by atomic mass is 10.1. The van der Waals surface area contributed by atoms with Crippen LogP contribution >= 0.6 is 11.8 Å². The molecule has 0 atom stereocenters. The summed E-state index contributed by atoms with van der Waals surface area (Å²) in [4.78, 5) is 32.1. The molecule has 1 aliphatic rings. The third-order valence-corrected chi connectivity index (χ3v) is 5.47. The number of carbonyl (C=O) groups is 1. The molecule has 1 aliphatic heterocycles. The second-order valence-corrected chi connectivity index (χ2v) is 7.20. The number of piperazine rings is 1. The lowest BCUT2D eigenvalue weighted by Gasteiger charge is -2.32. The van der Waals surface area contributed by atoms with Gasteiger partial charge in [-0.1, -0.05) is 0 Å². The van der Waals surface area contributed by atoms with Crippen molar-refractivity contribution in [1.29, 1.82) is 0 Å². The van der Waals surface area contributed by atoms with Gasteiger partial charge in [0.05, 0.1) is 9.82 Å². The molecule has 0 aliphatic carbocycles. The fraction of sp³-hybridized carbons (Fsp3) is 0.333. The highest BCUT2D eigenvalue weighted by Crippen LogP contribution is 2.32. The number of pyridine rings is 1. The lowest BCUT2D eigenvalue weighted by Crippen LogP contribution is -2.47. The van der Waals surface area contributed by atoms with Crippen LogP contribution in [0.2, 0.25) is 0 Å². The predicted molar refractivity (Wildman–Crippen MR) is 100 cm³/mol. The number of carbonyl (C=O) groups excluding carboxylic acids is 1. The van der Waals surface area contributed by atoms with E-state index >= 15 is 0 Å². The number of hydrogen-bond acceptors (Lipinski definition) is 6. The SMILES string of the molecule is CN1CCN(C(=O)c2ccc(SCc3ccncc3)c([N+](=O)[O-])c2)CC1. The number of thioether (sulfide) groups is 1. The largest absolute Gasteiger partial charge is 0.336 e. The van der Waals surface area contributed by atoms with Gasteiger partial charge in [0.2, 0.25) is 0 Å². The van der Waals surface area contributed by atoms with Crippen LogP contribution in [0.15, 0.2) is 47.6 Å². The third-order valence-electron chi connectivity index (χ3n) is 4.34. The van der Waals surface area contributed by atoms with Crippen LogP contribution in [0.25, 0.3) is 0 Å². The van der Waals surface area contributed by atoms with E-state index in [0.29, 0.717) is 29.3 Å². The summed E-state index contributed by atoms with van der Waals surface area (Å²) in [6, 6.07) is 8.51. The molecule has 26 heavy (non-hydrogen) atoms. The second kappa shape index (κ2) is 8.29. The summed E-state index contributed by atoms with van der Waals surface area (Å²) in [7, 11) is 2.02. The standard InChI is InChI=1S/C18H20N4O3S/c1-20-8-10-21(11-9-20)18(23)15-2-3-17(16(12-15)22(24)25)26-13-14-4-6-19-7-5-14/h2-7,12H,8-11,13H2,1H3. The molecule has 1 fully saturated rings. The molecule has 3 rings (SSSR count). The summed E-state index contributed by atoms with van der Waals surface area (Å²) in [5, 5.41) is 11.5. The minimum Gasteiger partial charge on any atom is -0.336 e. The summed E-state index contributed by atoms with van der Waals surface area (Å²) >= 11 is 1.38. The molecule has 1 saturated heterocycles. The van der Waals surface area contributed by atoms with E-state index in [2.05, 4.69) is 9.88 Å². The molecule has 1 aromatic heterocycles. The molecule has 0 radical (unpaired) electrons. The highest BCUT2D eigenvalue weighted by atomic mass is 32.2. The van der Waals surface area contributed by atoms with Crippen LogP contribution in [0.1, 0.15) is 15.9 Å². The zero-order valence-electron chi connectivity index (χ0n) is 14.5. The first-order chi connectivity index (χ1) is 12.5. The molecular formula is C18H20N4O3S. The molecule has 2 aromatic rings. The van der Waals surface area contributed by atoms with Gasteiger partial charge in [0.1, 0.15) is 0 Å². The number of amides is 1. The predicted octanol–water partition coefficient (Wildman–Crippen LogP) is 2.67. The molecule has 0 saturated carbocycles. The zero-order chi connectivity index (χ0) is 18.5. The Hall–Kier alpha value is -2.45. The third kappa shape index (κ3) is 4.39. The van der Waals surface area contributed by atoms with Crippen molar-refractivity contribution in [3.05, 3.63) is 64.0 Å². The molecule has 0 unspecified atom stereocenters. The van der Waals surface area contributed by atoms with Crippen molar-refractivity contribution in [1.82, 2.24) is 14.8 Å². The van der Waals surface area contributed by atoms with Crippen molar-refractivity contribution in [3.63, 3.8) is 0 Å². The molecule has 1 amide bonds. The van der Waals surface area contributed by atoms with E-state index in [9.17, 15) is 14.9 Å². The van der Waals surface area contributed by atoms with E-state index in [1.165, 1.54) is 17.8 Å². The van der Waals surface area contributed by atoms with Crippen LogP contribution in [0, 0.1) is 10.1 Å². The molecule has 0 bridgehead atoms. The van der Waals surface area contributed by atoms with Crippen LogP contribution in [0.4, 0.5) is 5.69 Å². The number of benzene rings is 1. The first-order valence-electron chi connectivity index (χ1n) is 8.32. The number of nitro groups is 1. The van der Waals surface area contributed by atoms with Crippen molar-refractivity contribution in [3.8, 4) is 0 Å². The zero-order valence-corrected chi connectivity index (χ0v) is 15.3. The Balaban J connectivity index is 1.76. The average Bonchev–Trinajstić information content (AvgIpc) is 2.67. The molecule has 136 valence electrons. The van der Waals surface area contributed by atoms with Crippen LogP contribution in [0.3, 0.4) is 0 Å². The molecule has 2 heterocycles. The Morgan fingerprint density at radius 1 is 1.19 bits per heavy atom. The van der Waals surface area contributed by atoms with Crippen molar-refractivity contribution in [2.75, 3.05) is 33.2 Å². The molecular weight excluding hydrogens is 352 g/mol. The van der Waals surface area contributed by atoms with Crippen LogP contribution < -0.4 is 0 Å². The van der Waals surface area contributed by atoms with E-state index < -0.39 is 4.92 Å². The van der Waals surface area contributed by atoms with E-state index in [0.717, 1.165) is 18.7 Å². The molecule has 7 nitrogen and oxygen atoms in total. The first kappa shape index (κ1) is 18.3. The van der Waals surface area contributed by atoms with Gasteiger partial charge in [-0.25, -0.2) is 0 Å². The summed E-state index contributed by atoms with van der Waals surface area (Å²) in [5.41, 5.74) is 1.38. The summed E-state index contributed by atoms with van der Waals surface area (Å²) in [6.07, 6.45) is 3.39. The van der Waals surface area contributed by atoms with Crippen molar-refractivity contribution < 1.29 is 9.72 Å². The Morgan fingerprint density at radius 3 is 2.54 bits per heavy atom. The van der Waals surface area contributed by atoms with Gasteiger partial charge in [-0.3, -0.25) is 19.9 Å². The molecule has 8 heteroatoms. The van der Waals surface area contributed by atoms with Gasteiger partial charge in [0.25, 0.3) is 11.6 Å². The first-order valence-corrected chi connectivity index (χ1v) is 9.31. The number of aromatic nitrogens is 1. The monoisotopic (exact) mass is 372 g/mol. The smallest absolute Gasteiger partial charge is 0.283 e. The maximum absolute atomic E-state index is 12.6. The molecule has 1 aromatic carbocycles. The topological polar surface area (TPSA) is 79.6 Å². The van der Waals surface area contributed by atoms with Crippen molar-refractivity contribution in [2.45, 2.75) is 10.6 Å². The summed E-state index contributed by atoms with van der Waals surface area (Å²) < 4.78 is 0. The molecule has 0 spiro atoms. The number of rotatable bonds is 5. The van der Waals surface area contributed by atoms with Gasteiger partial charge in [-0.2, -0.15) is 0 Å². The highest BCUT2D eigenvalue weighted by molar-refractivity contribution is 7.98. The Morgan fingerprint density at radius 2 is 1.88 bits per heavy atom. The summed E-state index contributed by atoms with van der Waals surface area (Å²) in [5.74, 6) is 0.460. The van der Waals surface area contributed by atoms with Crippen LogP contribution in [0.5, 0.6) is 0 Å². The Kier molecular flexibility index (Phi) is 5.85. The number of likely N-dealkylation sites (N-methyl/N-ethyl adjacent to an activating group) is 1. The van der Waals surface area contributed by atoms with E-state index in [1.54, 1.807) is 29.4 Å². The molecule has 0 N–H and O–H groups in total. The van der Waals surface area contributed by atoms with Gasteiger partial charge >= 0.3 is 0 Å². The van der Waals surface area contributed by atoms with Crippen LogP contribution in [-0.4, -0.2) is 58.8 Å².